The lowest BCUT2D eigenvalue weighted by Gasteiger charge is -2.08. The van der Waals surface area contributed by atoms with Crippen molar-refractivity contribution in [2.45, 2.75) is 19.0 Å². The lowest BCUT2D eigenvalue weighted by Crippen LogP contribution is -2.15. The van der Waals surface area contributed by atoms with Crippen LogP contribution in [0.25, 0.3) is 0 Å². The molecule has 0 spiro atoms. The lowest BCUT2D eigenvalue weighted by molar-refractivity contribution is -0.113. The first kappa shape index (κ1) is 14.5. The third-order valence-corrected chi connectivity index (χ3v) is 3.43. The van der Waals surface area contributed by atoms with Gasteiger partial charge in [-0.15, -0.1) is 0 Å². The first-order chi connectivity index (χ1) is 9.54. The molecule has 104 valence electrons. The predicted molar refractivity (Wildman–Crippen MR) is 77.3 cm³/mol. The summed E-state index contributed by atoms with van der Waals surface area (Å²) in [7, 11) is 0. The second kappa shape index (κ2) is 6.47. The first-order valence-electron chi connectivity index (χ1n) is 6.03. The van der Waals surface area contributed by atoms with E-state index in [0.29, 0.717) is 16.4 Å². The van der Waals surface area contributed by atoms with Crippen LogP contribution in [-0.2, 0) is 4.79 Å². The summed E-state index contributed by atoms with van der Waals surface area (Å²) in [5, 5.41) is 3.31. The summed E-state index contributed by atoms with van der Waals surface area (Å²) in [6.45, 7) is 3.61. The summed E-state index contributed by atoms with van der Waals surface area (Å²) in [5.74, 6) is -0.280. The van der Waals surface area contributed by atoms with Gasteiger partial charge in [0, 0.05) is 17.6 Å². The van der Waals surface area contributed by atoms with Gasteiger partial charge < -0.3 is 5.32 Å². The molecule has 1 aromatic heterocycles. The van der Waals surface area contributed by atoms with Crippen LogP contribution in [0.15, 0.2) is 35.6 Å². The van der Waals surface area contributed by atoms with Crippen molar-refractivity contribution in [1.82, 2.24) is 9.97 Å². The monoisotopic (exact) mass is 291 g/mol. The summed E-state index contributed by atoms with van der Waals surface area (Å²) < 4.78 is 13.0. The third kappa shape index (κ3) is 4.03. The van der Waals surface area contributed by atoms with Crippen molar-refractivity contribution in [3.63, 3.8) is 0 Å². The Balaban J connectivity index is 1.92. The predicted octanol–water partition coefficient (Wildman–Crippen LogP) is 2.96. The van der Waals surface area contributed by atoms with E-state index in [1.165, 1.54) is 23.9 Å². The molecule has 0 aliphatic heterocycles. The van der Waals surface area contributed by atoms with Gasteiger partial charge in [0.05, 0.1) is 5.75 Å². The smallest absolute Gasteiger partial charge is 0.234 e. The van der Waals surface area contributed by atoms with Gasteiger partial charge in [0.2, 0.25) is 5.91 Å². The number of aryl methyl sites for hydroxylation is 2. The number of thioether (sulfide) groups is 1. The molecular weight excluding hydrogens is 277 g/mol. The molecule has 0 saturated heterocycles. The van der Waals surface area contributed by atoms with E-state index in [9.17, 15) is 9.18 Å². The minimum absolute atomic E-state index is 0.171. The van der Waals surface area contributed by atoms with E-state index in [2.05, 4.69) is 15.3 Å². The molecule has 1 heterocycles. The molecule has 2 aromatic rings. The third-order valence-electron chi connectivity index (χ3n) is 2.57. The van der Waals surface area contributed by atoms with E-state index < -0.39 is 0 Å². The minimum atomic E-state index is -0.317. The van der Waals surface area contributed by atoms with E-state index >= 15 is 0 Å². The highest BCUT2D eigenvalue weighted by Crippen LogP contribution is 2.17. The molecule has 0 saturated carbocycles. The fourth-order valence-electron chi connectivity index (χ4n) is 1.58. The van der Waals surface area contributed by atoms with Crippen LogP contribution in [0.3, 0.4) is 0 Å². The maximum Gasteiger partial charge on any atom is 0.234 e. The normalized spacial score (nSPS) is 10.3. The molecule has 6 heteroatoms. The molecule has 1 N–H and O–H groups in total. The molecular formula is C14H14FN3OS. The Kier molecular flexibility index (Phi) is 4.68. The maximum atomic E-state index is 13.0. The average molecular weight is 291 g/mol. The topological polar surface area (TPSA) is 54.9 Å². The fraction of sp³-hybridized carbons (Fsp3) is 0.214. The zero-order chi connectivity index (χ0) is 14.5. The molecule has 1 amide bonds. The van der Waals surface area contributed by atoms with Gasteiger partial charge in [-0.1, -0.05) is 11.8 Å². The molecule has 0 aliphatic carbocycles. The Labute approximate surface area is 120 Å². The second-order valence-electron chi connectivity index (χ2n) is 4.28. The number of halogens is 1. The van der Waals surface area contributed by atoms with Gasteiger partial charge in [-0.2, -0.15) is 0 Å². The molecule has 20 heavy (non-hydrogen) atoms. The van der Waals surface area contributed by atoms with Crippen LogP contribution in [0.4, 0.5) is 10.1 Å². The Morgan fingerprint density at radius 2 is 2.15 bits per heavy atom. The zero-order valence-corrected chi connectivity index (χ0v) is 12.0. The van der Waals surface area contributed by atoms with Crippen molar-refractivity contribution in [2.75, 3.05) is 11.1 Å². The molecule has 0 bridgehead atoms. The number of benzene rings is 1. The fourth-order valence-corrected chi connectivity index (χ4v) is 2.26. The highest BCUT2D eigenvalue weighted by atomic mass is 32.2. The van der Waals surface area contributed by atoms with Crippen molar-refractivity contribution in [3.05, 3.63) is 47.5 Å². The van der Waals surface area contributed by atoms with Crippen LogP contribution in [-0.4, -0.2) is 21.6 Å². The Bertz CT molecular complexity index is 634. The highest BCUT2D eigenvalue weighted by molar-refractivity contribution is 7.99. The molecule has 2 rings (SSSR count). The van der Waals surface area contributed by atoms with E-state index in [-0.39, 0.29) is 17.5 Å². The van der Waals surface area contributed by atoms with E-state index in [1.807, 2.05) is 6.92 Å². The van der Waals surface area contributed by atoms with Gasteiger partial charge in [0.1, 0.15) is 5.82 Å². The maximum absolute atomic E-state index is 13.0. The number of anilines is 1. The average Bonchev–Trinajstić information content (AvgIpc) is 2.40. The Morgan fingerprint density at radius 1 is 1.35 bits per heavy atom. The van der Waals surface area contributed by atoms with E-state index in [4.69, 9.17) is 0 Å². The largest absolute Gasteiger partial charge is 0.325 e. The zero-order valence-electron chi connectivity index (χ0n) is 11.2. The summed E-state index contributed by atoms with van der Waals surface area (Å²) in [5.41, 5.74) is 2.16. The number of hydrogen-bond donors (Lipinski definition) is 1. The van der Waals surface area contributed by atoms with Crippen molar-refractivity contribution in [3.8, 4) is 0 Å². The summed E-state index contributed by atoms with van der Waals surface area (Å²) in [6.07, 6.45) is 1.66. The minimum Gasteiger partial charge on any atom is -0.325 e. The first-order valence-corrected chi connectivity index (χ1v) is 7.01. The molecule has 0 atom stereocenters. The van der Waals surface area contributed by atoms with Gasteiger partial charge >= 0.3 is 0 Å². The SMILES string of the molecule is Cc1ccnc(SCC(=O)Nc2ccc(F)cc2C)n1. The van der Waals surface area contributed by atoms with E-state index in [1.54, 1.807) is 25.3 Å². The number of hydrogen-bond acceptors (Lipinski definition) is 4. The highest BCUT2D eigenvalue weighted by Gasteiger charge is 2.07. The van der Waals surface area contributed by atoms with Crippen LogP contribution < -0.4 is 5.32 Å². The van der Waals surface area contributed by atoms with Crippen molar-refractivity contribution in [2.24, 2.45) is 0 Å². The van der Waals surface area contributed by atoms with Gasteiger partial charge in [-0.05, 0) is 43.7 Å². The van der Waals surface area contributed by atoms with Crippen molar-refractivity contribution >= 4 is 23.4 Å². The molecule has 1 aromatic carbocycles. The van der Waals surface area contributed by atoms with Gasteiger partial charge in [-0.25, -0.2) is 14.4 Å². The molecule has 0 fully saturated rings. The standard InChI is InChI=1S/C14H14FN3OS/c1-9-7-11(15)3-4-12(9)18-13(19)8-20-14-16-6-5-10(2)17-14/h3-7H,8H2,1-2H3,(H,18,19). The number of carbonyl (C=O) groups excluding carboxylic acids is 1. The number of carbonyl (C=O) groups is 1. The number of nitrogens with zero attached hydrogens (tertiary/aromatic N) is 2. The Hall–Kier alpha value is -1.95. The van der Waals surface area contributed by atoms with Crippen LogP contribution in [0.2, 0.25) is 0 Å². The van der Waals surface area contributed by atoms with Gasteiger partial charge in [0.15, 0.2) is 5.16 Å². The van der Waals surface area contributed by atoms with Crippen LogP contribution in [0.5, 0.6) is 0 Å². The van der Waals surface area contributed by atoms with Gasteiger partial charge in [-0.3, -0.25) is 4.79 Å². The van der Waals surface area contributed by atoms with Crippen LogP contribution in [0.1, 0.15) is 11.3 Å². The summed E-state index contributed by atoms with van der Waals surface area (Å²) >= 11 is 1.26. The molecule has 4 nitrogen and oxygen atoms in total. The van der Waals surface area contributed by atoms with Gasteiger partial charge in [0.25, 0.3) is 0 Å². The summed E-state index contributed by atoms with van der Waals surface area (Å²) in [6, 6.07) is 6.05. The van der Waals surface area contributed by atoms with E-state index in [0.717, 1.165) is 5.69 Å². The molecule has 0 aliphatic rings. The van der Waals surface area contributed by atoms with Crippen LogP contribution in [0, 0.1) is 19.7 Å². The van der Waals surface area contributed by atoms with Crippen molar-refractivity contribution < 1.29 is 9.18 Å². The summed E-state index contributed by atoms with van der Waals surface area (Å²) in [4.78, 5) is 20.1. The number of nitrogens with one attached hydrogen (secondary N) is 1. The second-order valence-corrected chi connectivity index (χ2v) is 5.22. The molecule has 0 unspecified atom stereocenters. The quantitative estimate of drug-likeness (QED) is 0.695. The van der Waals surface area contributed by atoms with Crippen LogP contribution >= 0.6 is 11.8 Å². The number of rotatable bonds is 4. The Morgan fingerprint density at radius 3 is 2.85 bits per heavy atom. The lowest BCUT2D eigenvalue weighted by atomic mass is 10.2. The number of amides is 1. The number of aromatic nitrogens is 2. The molecule has 0 radical (unpaired) electrons. The van der Waals surface area contributed by atoms with Crippen molar-refractivity contribution in [1.29, 1.82) is 0 Å².